The van der Waals surface area contributed by atoms with Crippen LogP contribution >= 0.6 is 27.5 Å². The van der Waals surface area contributed by atoms with Crippen molar-refractivity contribution in [2.24, 2.45) is 5.73 Å². The first kappa shape index (κ1) is 11.4. The van der Waals surface area contributed by atoms with Crippen LogP contribution in [0.2, 0.25) is 5.15 Å². The molecule has 1 aliphatic carbocycles. The van der Waals surface area contributed by atoms with Gasteiger partial charge >= 0.3 is 0 Å². The number of pyridine rings is 1. The Morgan fingerprint density at radius 1 is 1.53 bits per heavy atom. The fraction of sp³-hybridized carbons (Fsp3) is 0.545. The Morgan fingerprint density at radius 3 is 2.67 bits per heavy atom. The molecule has 4 heteroatoms. The molecule has 1 heterocycles. The molecule has 15 heavy (non-hydrogen) atoms. The second-order valence-electron chi connectivity index (χ2n) is 4.77. The number of aromatic nitrogens is 1. The second-order valence-corrected chi connectivity index (χ2v) is 6.01. The molecule has 2 rings (SSSR count). The minimum absolute atomic E-state index is 0.0710. The highest BCUT2D eigenvalue weighted by molar-refractivity contribution is 9.10. The van der Waals surface area contributed by atoms with Crippen LogP contribution in [0.5, 0.6) is 0 Å². The summed E-state index contributed by atoms with van der Waals surface area (Å²) >= 11 is 9.43. The summed E-state index contributed by atoms with van der Waals surface area (Å²) in [6.07, 6.45) is 3.89. The van der Waals surface area contributed by atoms with Gasteiger partial charge in [0.25, 0.3) is 0 Å². The molecule has 1 aromatic rings. The van der Waals surface area contributed by atoms with Crippen LogP contribution < -0.4 is 5.73 Å². The van der Waals surface area contributed by atoms with Crippen molar-refractivity contribution >= 4 is 27.5 Å². The Bertz CT molecular complexity index is 400. The number of hydrogen-bond acceptors (Lipinski definition) is 2. The summed E-state index contributed by atoms with van der Waals surface area (Å²) in [4.78, 5) is 4.03. The van der Waals surface area contributed by atoms with E-state index in [9.17, 15) is 0 Å². The summed E-state index contributed by atoms with van der Waals surface area (Å²) in [6.45, 7) is 4.33. The van der Waals surface area contributed by atoms with Gasteiger partial charge in [-0.25, -0.2) is 4.98 Å². The predicted molar refractivity (Wildman–Crippen MR) is 66.1 cm³/mol. The molecule has 0 bridgehead atoms. The minimum Gasteiger partial charge on any atom is -0.324 e. The highest BCUT2D eigenvalue weighted by atomic mass is 79.9. The normalized spacial score (nSPS) is 19.0. The molecule has 0 aliphatic heterocycles. The molecule has 1 fully saturated rings. The van der Waals surface area contributed by atoms with E-state index in [1.807, 2.05) is 6.07 Å². The smallest absolute Gasteiger partial charge is 0.129 e. The Hall–Kier alpha value is -0.120. The second kappa shape index (κ2) is 3.44. The fourth-order valence-electron chi connectivity index (χ4n) is 1.92. The molecule has 82 valence electrons. The van der Waals surface area contributed by atoms with Gasteiger partial charge in [0.2, 0.25) is 0 Å². The van der Waals surface area contributed by atoms with Crippen LogP contribution in [0, 0.1) is 0 Å². The molecule has 0 radical (unpaired) electrons. The van der Waals surface area contributed by atoms with Gasteiger partial charge in [0.05, 0.1) is 0 Å². The molecule has 2 nitrogen and oxygen atoms in total. The number of rotatable bonds is 2. The zero-order valence-electron chi connectivity index (χ0n) is 8.85. The van der Waals surface area contributed by atoms with E-state index in [2.05, 4.69) is 34.8 Å². The maximum absolute atomic E-state index is 6.29. The highest BCUT2D eigenvalue weighted by Gasteiger charge is 2.52. The minimum atomic E-state index is -0.0831. The number of hydrogen-bond donors (Lipinski definition) is 1. The largest absolute Gasteiger partial charge is 0.324 e. The molecular formula is C11H14BrClN2. The first-order valence-corrected chi connectivity index (χ1v) is 6.14. The van der Waals surface area contributed by atoms with Crippen LogP contribution in [0.25, 0.3) is 0 Å². The Balaban J connectivity index is 2.48. The molecule has 0 saturated heterocycles. The molecule has 0 unspecified atom stereocenters. The van der Waals surface area contributed by atoms with Crippen molar-refractivity contribution in [3.8, 4) is 0 Å². The standard InChI is InChI=1S/C11H14BrClN2/c1-10(2,11(14)3-4-11)7-5-9(13)15-6-8(7)12/h5-6H,3-4,14H2,1-2H3. The average Bonchev–Trinajstić information content (AvgIpc) is 2.89. The summed E-state index contributed by atoms with van der Waals surface area (Å²) in [5.74, 6) is 0. The van der Waals surface area contributed by atoms with Gasteiger partial charge < -0.3 is 5.73 Å². The maximum atomic E-state index is 6.29. The lowest BCUT2D eigenvalue weighted by molar-refractivity contribution is 0.389. The van der Waals surface area contributed by atoms with Crippen molar-refractivity contribution in [2.75, 3.05) is 0 Å². The van der Waals surface area contributed by atoms with Crippen molar-refractivity contribution in [3.05, 3.63) is 27.5 Å². The lowest BCUT2D eigenvalue weighted by Crippen LogP contribution is -2.43. The summed E-state index contributed by atoms with van der Waals surface area (Å²) < 4.78 is 0.980. The third kappa shape index (κ3) is 1.81. The van der Waals surface area contributed by atoms with Crippen LogP contribution in [0.4, 0.5) is 0 Å². The molecule has 1 aromatic heterocycles. The van der Waals surface area contributed by atoms with E-state index in [0.29, 0.717) is 5.15 Å². The topological polar surface area (TPSA) is 38.9 Å². The van der Waals surface area contributed by atoms with E-state index < -0.39 is 0 Å². The molecule has 0 atom stereocenters. The van der Waals surface area contributed by atoms with Crippen LogP contribution in [-0.2, 0) is 5.41 Å². The van der Waals surface area contributed by atoms with Gasteiger partial charge in [0, 0.05) is 21.6 Å². The molecule has 1 aliphatic rings. The molecular weight excluding hydrogens is 275 g/mol. The lowest BCUT2D eigenvalue weighted by atomic mass is 9.76. The van der Waals surface area contributed by atoms with Crippen LogP contribution in [0.15, 0.2) is 16.7 Å². The monoisotopic (exact) mass is 288 g/mol. The molecule has 0 spiro atoms. The van der Waals surface area contributed by atoms with Gasteiger partial charge in [-0.15, -0.1) is 0 Å². The van der Waals surface area contributed by atoms with Gasteiger partial charge in [-0.2, -0.15) is 0 Å². The average molecular weight is 290 g/mol. The Kier molecular flexibility index (Phi) is 2.61. The van der Waals surface area contributed by atoms with Crippen molar-refractivity contribution in [1.29, 1.82) is 0 Å². The van der Waals surface area contributed by atoms with Gasteiger partial charge in [0.1, 0.15) is 5.15 Å². The SMILES string of the molecule is CC(C)(c1cc(Cl)ncc1Br)C1(N)CC1. The zero-order valence-corrected chi connectivity index (χ0v) is 11.2. The zero-order chi connectivity index (χ0) is 11.3. The number of nitrogens with zero attached hydrogens (tertiary/aromatic N) is 1. The van der Waals surface area contributed by atoms with Crippen LogP contribution in [0.3, 0.4) is 0 Å². The van der Waals surface area contributed by atoms with E-state index in [0.717, 1.165) is 22.9 Å². The number of nitrogens with two attached hydrogens (primary N) is 1. The molecule has 1 saturated carbocycles. The van der Waals surface area contributed by atoms with Gasteiger partial charge in [0.15, 0.2) is 0 Å². The van der Waals surface area contributed by atoms with E-state index in [1.165, 1.54) is 0 Å². The third-order valence-electron chi connectivity index (χ3n) is 3.53. The third-order valence-corrected chi connectivity index (χ3v) is 4.37. The highest BCUT2D eigenvalue weighted by Crippen LogP contribution is 2.50. The van der Waals surface area contributed by atoms with E-state index in [-0.39, 0.29) is 11.0 Å². The fourth-order valence-corrected chi connectivity index (χ4v) is 2.79. The van der Waals surface area contributed by atoms with E-state index in [4.69, 9.17) is 17.3 Å². The predicted octanol–water partition coefficient (Wildman–Crippen LogP) is 3.27. The van der Waals surface area contributed by atoms with Gasteiger partial charge in [-0.3, -0.25) is 0 Å². The lowest BCUT2D eigenvalue weighted by Gasteiger charge is -2.33. The summed E-state index contributed by atoms with van der Waals surface area (Å²) in [6, 6.07) is 1.90. The van der Waals surface area contributed by atoms with Crippen molar-refractivity contribution < 1.29 is 0 Å². The first-order valence-electron chi connectivity index (χ1n) is 4.97. The van der Waals surface area contributed by atoms with Gasteiger partial charge in [-0.05, 0) is 40.4 Å². The summed E-state index contributed by atoms with van der Waals surface area (Å²) in [7, 11) is 0. The van der Waals surface area contributed by atoms with Crippen molar-refractivity contribution in [1.82, 2.24) is 4.98 Å². The molecule has 0 amide bonds. The Labute approximate surface area is 103 Å². The van der Waals surface area contributed by atoms with Crippen LogP contribution in [0.1, 0.15) is 32.3 Å². The van der Waals surface area contributed by atoms with Gasteiger partial charge in [-0.1, -0.05) is 25.4 Å². The van der Waals surface area contributed by atoms with Crippen molar-refractivity contribution in [2.45, 2.75) is 37.6 Å². The molecule has 2 N–H and O–H groups in total. The number of halogens is 2. The summed E-state index contributed by atoms with van der Waals surface area (Å²) in [5.41, 5.74) is 7.28. The van der Waals surface area contributed by atoms with Crippen LogP contribution in [-0.4, -0.2) is 10.5 Å². The summed E-state index contributed by atoms with van der Waals surface area (Å²) in [5, 5.41) is 0.519. The maximum Gasteiger partial charge on any atom is 0.129 e. The van der Waals surface area contributed by atoms with E-state index >= 15 is 0 Å². The molecule has 0 aromatic carbocycles. The quantitative estimate of drug-likeness (QED) is 0.849. The Morgan fingerprint density at radius 2 is 2.13 bits per heavy atom. The van der Waals surface area contributed by atoms with E-state index in [1.54, 1.807) is 6.20 Å². The van der Waals surface area contributed by atoms with Crippen molar-refractivity contribution in [3.63, 3.8) is 0 Å². The first-order chi connectivity index (χ1) is 6.87.